The molecule has 0 bridgehead atoms. The first kappa shape index (κ1) is 23.4. The number of hydrogen-bond acceptors (Lipinski definition) is 6. The summed E-state index contributed by atoms with van der Waals surface area (Å²) in [4.78, 5) is 16.6. The van der Waals surface area contributed by atoms with Crippen molar-refractivity contribution in [3.05, 3.63) is 64.4 Å². The first-order valence-corrected chi connectivity index (χ1v) is 12.3. The Bertz CT molecular complexity index is 1070. The van der Waals surface area contributed by atoms with Crippen LogP contribution in [0.15, 0.2) is 47.1 Å². The molecule has 4 rings (SSSR count). The number of hydrogen-bond donors (Lipinski definition) is 1. The maximum absolute atomic E-state index is 12.9. The van der Waals surface area contributed by atoms with E-state index in [0.29, 0.717) is 11.7 Å². The molecule has 2 aromatic heterocycles. The van der Waals surface area contributed by atoms with Gasteiger partial charge in [0, 0.05) is 22.1 Å². The molecule has 1 saturated heterocycles. The quantitative estimate of drug-likeness (QED) is 0.440. The lowest BCUT2D eigenvalue weighted by molar-refractivity contribution is 0.0996. The number of nitrogens with zero attached hydrogens (tertiary/aromatic N) is 1. The SMILES string of the molecule is CCc1cc([C@H](c2ccc(OC)cc2OC)N2CCC(C)CC2)c(NC(=O)c2ccco2)s1. The van der Waals surface area contributed by atoms with Crippen LogP contribution in [0.3, 0.4) is 0 Å². The van der Waals surface area contributed by atoms with E-state index in [2.05, 4.69) is 36.2 Å². The zero-order valence-corrected chi connectivity index (χ0v) is 20.5. The van der Waals surface area contributed by atoms with Crippen LogP contribution >= 0.6 is 11.3 Å². The van der Waals surface area contributed by atoms with Gasteiger partial charge < -0.3 is 19.2 Å². The van der Waals surface area contributed by atoms with Gasteiger partial charge in [0.15, 0.2) is 5.76 Å². The van der Waals surface area contributed by atoms with Crippen LogP contribution in [0.25, 0.3) is 0 Å². The lowest BCUT2D eigenvalue weighted by Crippen LogP contribution is -2.37. The topological polar surface area (TPSA) is 63.9 Å². The van der Waals surface area contributed by atoms with Gasteiger partial charge in [0.05, 0.1) is 26.5 Å². The molecular formula is C26H32N2O4S. The molecule has 1 fully saturated rings. The summed E-state index contributed by atoms with van der Waals surface area (Å²) in [6, 6.07) is 11.6. The molecule has 0 saturated carbocycles. The largest absolute Gasteiger partial charge is 0.497 e. The zero-order chi connectivity index (χ0) is 23.4. The van der Waals surface area contributed by atoms with Gasteiger partial charge >= 0.3 is 0 Å². The molecule has 1 aliphatic heterocycles. The fraction of sp³-hybridized carbons (Fsp3) is 0.423. The Morgan fingerprint density at radius 3 is 2.61 bits per heavy atom. The van der Waals surface area contributed by atoms with Crippen LogP contribution in [0.4, 0.5) is 5.00 Å². The van der Waals surface area contributed by atoms with E-state index in [9.17, 15) is 4.79 Å². The molecule has 3 aromatic rings. The summed E-state index contributed by atoms with van der Waals surface area (Å²) in [5.41, 5.74) is 2.16. The number of anilines is 1. The number of ether oxygens (including phenoxy) is 2. The summed E-state index contributed by atoms with van der Waals surface area (Å²) in [6.07, 6.45) is 4.71. The van der Waals surface area contributed by atoms with E-state index in [-0.39, 0.29) is 11.9 Å². The first-order chi connectivity index (χ1) is 16.0. The molecule has 1 amide bonds. The minimum atomic E-state index is -0.238. The number of rotatable bonds is 8. The van der Waals surface area contributed by atoms with Gasteiger partial charge in [-0.05, 0) is 68.6 Å². The molecule has 0 radical (unpaired) electrons. The minimum Gasteiger partial charge on any atom is -0.497 e. The van der Waals surface area contributed by atoms with Crippen LogP contribution in [-0.2, 0) is 6.42 Å². The van der Waals surface area contributed by atoms with Crippen LogP contribution in [0, 0.1) is 5.92 Å². The predicted octanol–water partition coefficient (Wildman–Crippen LogP) is 5.99. The molecule has 1 aromatic carbocycles. The van der Waals surface area contributed by atoms with Crippen molar-refractivity contribution in [3.63, 3.8) is 0 Å². The third kappa shape index (κ3) is 5.09. The molecule has 0 aliphatic carbocycles. The zero-order valence-electron chi connectivity index (χ0n) is 19.7. The number of benzene rings is 1. The second kappa shape index (κ2) is 10.4. The molecule has 176 valence electrons. The van der Waals surface area contributed by atoms with Crippen LogP contribution in [0.2, 0.25) is 0 Å². The lowest BCUT2D eigenvalue weighted by Gasteiger charge is -2.37. The van der Waals surface area contributed by atoms with E-state index in [1.807, 2.05) is 12.1 Å². The standard InChI is InChI=1S/C26H32N2O4S/c1-5-19-16-21(26(33-19)27-25(29)22-7-6-14-32-22)24(28-12-10-17(2)11-13-28)20-9-8-18(30-3)15-23(20)31-4/h6-9,14-17,24H,5,10-13H2,1-4H3,(H,27,29)/t24-/m0/s1. The molecule has 0 spiro atoms. The Morgan fingerprint density at radius 2 is 1.97 bits per heavy atom. The molecule has 6 nitrogen and oxygen atoms in total. The second-order valence-electron chi connectivity index (χ2n) is 8.51. The van der Waals surface area contributed by atoms with E-state index in [0.717, 1.165) is 60.0 Å². The number of amides is 1. The van der Waals surface area contributed by atoms with Gasteiger partial charge in [-0.25, -0.2) is 0 Å². The normalized spacial score (nSPS) is 15.9. The fourth-order valence-corrected chi connectivity index (χ4v) is 5.42. The van der Waals surface area contributed by atoms with E-state index >= 15 is 0 Å². The van der Waals surface area contributed by atoms with Crippen molar-refractivity contribution in [2.45, 2.75) is 39.2 Å². The summed E-state index contributed by atoms with van der Waals surface area (Å²) >= 11 is 1.63. The smallest absolute Gasteiger partial charge is 0.291 e. The number of piperidine rings is 1. The number of carbonyl (C=O) groups excluding carboxylic acids is 1. The number of thiophene rings is 1. The number of aryl methyl sites for hydroxylation is 1. The number of furan rings is 1. The van der Waals surface area contributed by atoms with Gasteiger partial charge in [-0.3, -0.25) is 9.69 Å². The lowest BCUT2D eigenvalue weighted by atomic mass is 9.92. The summed E-state index contributed by atoms with van der Waals surface area (Å²) in [6.45, 7) is 6.43. The molecule has 0 unspecified atom stereocenters. The van der Waals surface area contributed by atoms with Gasteiger partial charge in [-0.15, -0.1) is 11.3 Å². The third-order valence-electron chi connectivity index (χ3n) is 6.35. The Morgan fingerprint density at radius 1 is 1.18 bits per heavy atom. The van der Waals surface area contributed by atoms with Crippen molar-refractivity contribution in [3.8, 4) is 11.5 Å². The highest BCUT2D eigenvalue weighted by Crippen LogP contribution is 2.44. The Balaban J connectivity index is 1.79. The van der Waals surface area contributed by atoms with Gasteiger partial charge in [-0.2, -0.15) is 0 Å². The average molecular weight is 469 g/mol. The van der Waals surface area contributed by atoms with E-state index in [4.69, 9.17) is 13.9 Å². The summed E-state index contributed by atoms with van der Waals surface area (Å²) in [5, 5.41) is 3.98. The maximum Gasteiger partial charge on any atom is 0.291 e. The van der Waals surface area contributed by atoms with Gasteiger partial charge in [-0.1, -0.05) is 13.8 Å². The van der Waals surface area contributed by atoms with Crippen molar-refractivity contribution < 1.29 is 18.7 Å². The monoisotopic (exact) mass is 468 g/mol. The molecular weight excluding hydrogens is 436 g/mol. The van der Waals surface area contributed by atoms with Crippen LogP contribution in [-0.4, -0.2) is 38.1 Å². The van der Waals surface area contributed by atoms with Crippen LogP contribution in [0.1, 0.15) is 59.3 Å². The summed E-state index contributed by atoms with van der Waals surface area (Å²) in [7, 11) is 3.35. The first-order valence-electron chi connectivity index (χ1n) is 11.5. The third-order valence-corrected chi connectivity index (χ3v) is 7.56. The molecule has 1 N–H and O–H groups in total. The molecule has 33 heavy (non-hydrogen) atoms. The highest BCUT2D eigenvalue weighted by atomic mass is 32.1. The number of carbonyl (C=O) groups is 1. The summed E-state index contributed by atoms with van der Waals surface area (Å²) < 4.78 is 16.6. The molecule has 1 aliphatic rings. The Hall–Kier alpha value is -2.77. The molecule has 1 atom stereocenters. The van der Waals surface area contributed by atoms with Gasteiger partial charge in [0.2, 0.25) is 0 Å². The predicted molar refractivity (Wildman–Crippen MR) is 132 cm³/mol. The van der Waals surface area contributed by atoms with Crippen LogP contribution < -0.4 is 14.8 Å². The van der Waals surface area contributed by atoms with Gasteiger partial charge in [0.25, 0.3) is 5.91 Å². The van der Waals surface area contributed by atoms with Crippen molar-refractivity contribution >= 4 is 22.2 Å². The van der Waals surface area contributed by atoms with E-state index in [1.165, 1.54) is 11.1 Å². The van der Waals surface area contributed by atoms with E-state index in [1.54, 1.807) is 37.7 Å². The average Bonchev–Trinajstić information content (AvgIpc) is 3.51. The Labute approximate surface area is 199 Å². The maximum atomic E-state index is 12.9. The van der Waals surface area contributed by atoms with Crippen molar-refractivity contribution in [1.29, 1.82) is 0 Å². The summed E-state index contributed by atoms with van der Waals surface area (Å²) in [5.74, 6) is 2.32. The number of nitrogens with one attached hydrogen (secondary N) is 1. The van der Waals surface area contributed by atoms with Crippen molar-refractivity contribution in [1.82, 2.24) is 4.90 Å². The number of likely N-dealkylation sites (tertiary alicyclic amines) is 1. The van der Waals surface area contributed by atoms with Crippen molar-refractivity contribution in [2.24, 2.45) is 5.92 Å². The molecule has 7 heteroatoms. The Kier molecular flexibility index (Phi) is 7.40. The molecule has 3 heterocycles. The highest BCUT2D eigenvalue weighted by Gasteiger charge is 2.32. The fourth-order valence-electron chi connectivity index (χ4n) is 4.40. The van der Waals surface area contributed by atoms with Crippen molar-refractivity contribution in [2.75, 3.05) is 32.6 Å². The second-order valence-corrected chi connectivity index (χ2v) is 9.65. The minimum absolute atomic E-state index is 0.0400. The van der Waals surface area contributed by atoms with E-state index < -0.39 is 0 Å². The van der Waals surface area contributed by atoms with Gasteiger partial charge in [0.1, 0.15) is 16.5 Å². The number of methoxy groups -OCH3 is 2. The highest BCUT2D eigenvalue weighted by molar-refractivity contribution is 7.16. The van der Waals surface area contributed by atoms with Crippen LogP contribution in [0.5, 0.6) is 11.5 Å².